The van der Waals surface area contributed by atoms with Crippen LogP contribution in [0.2, 0.25) is 0 Å². The van der Waals surface area contributed by atoms with E-state index in [1.165, 1.54) is 0 Å². The Labute approximate surface area is 183 Å². The van der Waals surface area contributed by atoms with E-state index in [0.717, 1.165) is 38.8 Å². The summed E-state index contributed by atoms with van der Waals surface area (Å²) in [5.74, 6) is 1.75. The average molecular weight is 432 g/mol. The zero-order valence-electron chi connectivity index (χ0n) is 18.5. The van der Waals surface area contributed by atoms with Crippen molar-refractivity contribution in [3.05, 3.63) is 18.2 Å². The third kappa shape index (κ3) is 6.60. The molecule has 8 heteroatoms. The number of hydrogen-bond acceptors (Lipinski definition) is 5. The zero-order valence-corrected chi connectivity index (χ0v) is 18.5. The number of carbonyl (C=O) groups excluding carboxylic acids is 3. The number of ether oxygens (including phenoxy) is 2. The lowest BCUT2D eigenvalue weighted by atomic mass is 9.93. The fourth-order valence-electron chi connectivity index (χ4n) is 4.29. The Morgan fingerprint density at radius 1 is 1.06 bits per heavy atom. The van der Waals surface area contributed by atoms with Crippen LogP contribution in [0.3, 0.4) is 0 Å². The van der Waals surface area contributed by atoms with E-state index in [-0.39, 0.29) is 17.7 Å². The van der Waals surface area contributed by atoms with Gasteiger partial charge in [0.1, 0.15) is 11.5 Å². The molecule has 1 aromatic rings. The number of nitrogens with one attached hydrogen (secondary N) is 1. The molecule has 3 amide bonds. The van der Waals surface area contributed by atoms with Crippen molar-refractivity contribution in [3.8, 4) is 11.5 Å². The molecule has 0 aliphatic carbocycles. The summed E-state index contributed by atoms with van der Waals surface area (Å²) < 4.78 is 10.5. The maximum Gasteiger partial charge on any atom is 0.224 e. The van der Waals surface area contributed by atoms with Crippen molar-refractivity contribution >= 4 is 23.4 Å². The summed E-state index contributed by atoms with van der Waals surface area (Å²) in [5.41, 5.74) is 0.637. The Hall–Kier alpha value is -2.77. The van der Waals surface area contributed by atoms with Gasteiger partial charge in [-0.15, -0.1) is 0 Å². The number of carbonyl (C=O) groups is 3. The Morgan fingerprint density at radius 2 is 1.81 bits per heavy atom. The van der Waals surface area contributed by atoms with Gasteiger partial charge in [0.2, 0.25) is 17.7 Å². The van der Waals surface area contributed by atoms with Gasteiger partial charge in [-0.1, -0.05) is 0 Å². The molecule has 170 valence electrons. The number of piperidine rings is 1. The number of hydrogen-bond donors (Lipinski definition) is 1. The van der Waals surface area contributed by atoms with E-state index >= 15 is 0 Å². The summed E-state index contributed by atoms with van der Waals surface area (Å²) >= 11 is 0. The quantitative estimate of drug-likeness (QED) is 0.649. The standard InChI is InChI=1S/C23H33N3O5/c1-30-19-13-18(14-20(15-19)31-2)24-21(27)8-7-17-5-3-11-26(16-17)23(29)9-12-25-10-4-6-22(25)28/h13-15,17H,3-12,16H2,1-2H3,(H,24,27). The molecule has 8 nitrogen and oxygen atoms in total. The molecule has 0 aromatic heterocycles. The SMILES string of the molecule is COc1cc(NC(=O)CCC2CCCN(C(=O)CCN3CCCC3=O)C2)cc(OC)c1. The Balaban J connectivity index is 1.43. The first-order chi connectivity index (χ1) is 15.0. The van der Waals surface area contributed by atoms with Crippen molar-refractivity contribution in [1.82, 2.24) is 9.80 Å². The molecule has 2 fully saturated rings. The van der Waals surface area contributed by atoms with Crippen molar-refractivity contribution in [2.75, 3.05) is 45.7 Å². The second-order valence-corrected chi connectivity index (χ2v) is 8.27. The molecule has 1 aromatic carbocycles. The first-order valence-electron chi connectivity index (χ1n) is 11.1. The summed E-state index contributed by atoms with van der Waals surface area (Å²) in [7, 11) is 3.14. The molecular weight excluding hydrogens is 398 g/mol. The summed E-state index contributed by atoms with van der Waals surface area (Å²) in [6, 6.07) is 5.27. The lowest BCUT2D eigenvalue weighted by Gasteiger charge is -2.33. The van der Waals surface area contributed by atoms with Crippen LogP contribution in [0.4, 0.5) is 5.69 Å². The van der Waals surface area contributed by atoms with Crippen LogP contribution in [0, 0.1) is 5.92 Å². The Kier molecular flexibility index (Phi) is 8.14. The van der Waals surface area contributed by atoms with Gasteiger partial charge in [0.05, 0.1) is 14.2 Å². The van der Waals surface area contributed by atoms with Crippen LogP contribution >= 0.6 is 0 Å². The predicted octanol–water partition coefficient (Wildman–Crippen LogP) is 2.67. The molecule has 2 aliphatic heterocycles. The summed E-state index contributed by atoms with van der Waals surface area (Å²) in [4.78, 5) is 40.4. The number of anilines is 1. The van der Waals surface area contributed by atoms with Gasteiger partial charge in [0.25, 0.3) is 0 Å². The minimum absolute atomic E-state index is 0.0636. The minimum Gasteiger partial charge on any atom is -0.497 e. The fraction of sp³-hybridized carbons (Fsp3) is 0.609. The van der Waals surface area contributed by atoms with Gasteiger partial charge in [-0.25, -0.2) is 0 Å². The molecule has 0 bridgehead atoms. The van der Waals surface area contributed by atoms with Gasteiger partial charge in [-0.3, -0.25) is 14.4 Å². The van der Waals surface area contributed by atoms with Crippen molar-refractivity contribution in [3.63, 3.8) is 0 Å². The maximum atomic E-state index is 12.6. The van der Waals surface area contributed by atoms with Crippen LogP contribution in [0.1, 0.15) is 44.9 Å². The molecule has 2 aliphatic rings. The van der Waals surface area contributed by atoms with Gasteiger partial charge in [-0.05, 0) is 31.6 Å². The van der Waals surface area contributed by atoms with Crippen molar-refractivity contribution in [2.45, 2.75) is 44.9 Å². The predicted molar refractivity (Wildman–Crippen MR) is 117 cm³/mol. The molecule has 2 heterocycles. The monoisotopic (exact) mass is 431 g/mol. The summed E-state index contributed by atoms with van der Waals surface area (Å²) in [6.07, 6.45) is 4.99. The van der Waals surface area contributed by atoms with E-state index in [9.17, 15) is 14.4 Å². The van der Waals surface area contributed by atoms with E-state index in [0.29, 0.717) is 55.5 Å². The lowest BCUT2D eigenvalue weighted by molar-refractivity contribution is -0.134. The molecule has 0 spiro atoms. The molecular formula is C23H33N3O5. The molecule has 1 N–H and O–H groups in total. The first-order valence-corrected chi connectivity index (χ1v) is 11.1. The van der Waals surface area contributed by atoms with E-state index in [4.69, 9.17) is 9.47 Å². The highest BCUT2D eigenvalue weighted by molar-refractivity contribution is 5.91. The number of rotatable bonds is 9. The second kappa shape index (κ2) is 11.0. The molecule has 0 radical (unpaired) electrons. The Bertz CT molecular complexity index is 775. The van der Waals surface area contributed by atoms with Crippen LogP contribution in [-0.4, -0.2) is 67.9 Å². The second-order valence-electron chi connectivity index (χ2n) is 8.27. The molecule has 3 rings (SSSR count). The fourth-order valence-corrected chi connectivity index (χ4v) is 4.29. The van der Waals surface area contributed by atoms with Gasteiger partial charge >= 0.3 is 0 Å². The highest BCUT2D eigenvalue weighted by Crippen LogP contribution is 2.27. The van der Waals surface area contributed by atoms with E-state index in [1.54, 1.807) is 37.3 Å². The van der Waals surface area contributed by atoms with Crippen molar-refractivity contribution in [1.29, 1.82) is 0 Å². The number of nitrogens with zero attached hydrogens (tertiary/aromatic N) is 2. The number of benzene rings is 1. The minimum atomic E-state index is -0.0636. The zero-order chi connectivity index (χ0) is 22.2. The van der Waals surface area contributed by atoms with Gasteiger partial charge in [-0.2, -0.15) is 0 Å². The normalized spacial score (nSPS) is 18.8. The van der Waals surface area contributed by atoms with Crippen LogP contribution in [0.15, 0.2) is 18.2 Å². The molecule has 2 saturated heterocycles. The molecule has 31 heavy (non-hydrogen) atoms. The topological polar surface area (TPSA) is 88.2 Å². The van der Waals surface area contributed by atoms with Gasteiger partial charge < -0.3 is 24.6 Å². The van der Waals surface area contributed by atoms with Crippen LogP contribution in [0.5, 0.6) is 11.5 Å². The highest BCUT2D eigenvalue weighted by atomic mass is 16.5. The summed E-state index contributed by atoms with van der Waals surface area (Å²) in [6.45, 7) is 2.74. The van der Waals surface area contributed by atoms with E-state index < -0.39 is 0 Å². The van der Waals surface area contributed by atoms with Gasteiger partial charge in [0, 0.05) is 69.3 Å². The lowest BCUT2D eigenvalue weighted by Crippen LogP contribution is -2.41. The van der Waals surface area contributed by atoms with Crippen LogP contribution < -0.4 is 14.8 Å². The maximum absolute atomic E-state index is 12.6. The number of methoxy groups -OCH3 is 2. The third-order valence-electron chi connectivity index (χ3n) is 6.05. The molecule has 1 atom stereocenters. The van der Waals surface area contributed by atoms with Crippen LogP contribution in [-0.2, 0) is 14.4 Å². The average Bonchev–Trinajstić information content (AvgIpc) is 3.20. The van der Waals surface area contributed by atoms with Crippen molar-refractivity contribution in [2.24, 2.45) is 5.92 Å². The van der Waals surface area contributed by atoms with Crippen molar-refractivity contribution < 1.29 is 23.9 Å². The largest absolute Gasteiger partial charge is 0.497 e. The van der Waals surface area contributed by atoms with Crippen LogP contribution in [0.25, 0.3) is 0 Å². The van der Waals surface area contributed by atoms with E-state index in [1.807, 2.05) is 4.90 Å². The molecule has 0 saturated carbocycles. The highest BCUT2D eigenvalue weighted by Gasteiger charge is 2.26. The summed E-state index contributed by atoms with van der Waals surface area (Å²) in [5, 5.41) is 2.90. The number of amides is 3. The number of likely N-dealkylation sites (tertiary alicyclic amines) is 2. The Morgan fingerprint density at radius 3 is 2.45 bits per heavy atom. The van der Waals surface area contributed by atoms with E-state index in [2.05, 4.69) is 5.32 Å². The smallest absolute Gasteiger partial charge is 0.224 e. The third-order valence-corrected chi connectivity index (χ3v) is 6.05. The first kappa shape index (κ1) is 22.9. The molecule has 1 unspecified atom stereocenters. The van der Waals surface area contributed by atoms with Gasteiger partial charge in [0.15, 0.2) is 0 Å².